The number of halogens is 4. The molecule has 0 saturated heterocycles. The van der Waals surface area contributed by atoms with Gasteiger partial charge in [-0.25, -0.2) is 17.6 Å². The van der Waals surface area contributed by atoms with Gasteiger partial charge in [-0.1, -0.05) is 123 Å². The Kier molecular flexibility index (Phi) is 25.0. The highest BCUT2D eigenvalue weighted by molar-refractivity contribution is 5.25. The Labute approximate surface area is 360 Å². The van der Waals surface area contributed by atoms with Gasteiger partial charge in [0.2, 0.25) is 0 Å². The van der Waals surface area contributed by atoms with Crippen LogP contribution < -0.4 is 0 Å². The highest BCUT2D eigenvalue weighted by Gasteiger charge is 2.13. The molecule has 6 heteroatoms. The molecule has 2 nitrogen and oxygen atoms in total. The zero-order chi connectivity index (χ0) is 45.4. The largest absolute Gasteiger partial charge is 0.261 e. The van der Waals surface area contributed by atoms with E-state index in [9.17, 15) is 17.6 Å². The van der Waals surface area contributed by atoms with Crippen molar-refractivity contribution in [3.8, 4) is 0 Å². The Morgan fingerprint density at radius 2 is 0.617 bits per heavy atom. The molecule has 0 N–H and O–H groups in total. The van der Waals surface area contributed by atoms with Gasteiger partial charge in [0.25, 0.3) is 0 Å². The van der Waals surface area contributed by atoms with Gasteiger partial charge in [0.05, 0.1) is 0 Å². The fourth-order valence-corrected chi connectivity index (χ4v) is 5.29. The molecule has 0 radical (unpaired) electrons. The van der Waals surface area contributed by atoms with Crippen LogP contribution in [0, 0.1) is 118 Å². The van der Waals surface area contributed by atoms with E-state index >= 15 is 0 Å². The van der Waals surface area contributed by atoms with E-state index in [0.717, 1.165) is 34.4 Å². The zero-order valence-corrected chi connectivity index (χ0v) is 38.8. The number of pyridine rings is 2. The first-order valence-electron chi connectivity index (χ1n) is 20.9. The molecule has 0 atom stereocenters. The minimum Gasteiger partial charge on any atom is -0.261 e. The first-order valence-corrected chi connectivity index (χ1v) is 20.9. The first kappa shape index (κ1) is 52.9. The molecule has 1 aliphatic carbocycles. The van der Waals surface area contributed by atoms with Crippen LogP contribution in [-0.4, -0.2) is 9.97 Å². The predicted molar refractivity (Wildman–Crippen MR) is 248 cm³/mol. The van der Waals surface area contributed by atoms with Gasteiger partial charge in [-0.15, -0.1) is 0 Å². The van der Waals surface area contributed by atoms with E-state index < -0.39 is 11.6 Å². The first-order chi connectivity index (χ1) is 28.2. The summed E-state index contributed by atoms with van der Waals surface area (Å²) in [5.74, 6) is 0.336. The number of hydrogen-bond donors (Lipinski definition) is 0. The Morgan fingerprint density at radius 3 is 0.850 bits per heavy atom. The Hall–Kier alpha value is -5.10. The maximum Gasteiger partial charge on any atom is 0.161 e. The summed E-state index contributed by atoms with van der Waals surface area (Å²) in [6, 6.07) is 30.2. The molecule has 0 aliphatic heterocycles. The van der Waals surface area contributed by atoms with Crippen molar-refractivity contribution in [2.75, 3.05) is 0 Å². The molecule has 7 rings (SSSR count). The number of aryl methyl sites for hydroxylation is 12. The Balaban J connectivity index is 0.000000350. The summed E-state index contributed by atoms with van der Waals surface area (Å²) >= 11 is 0. The highest BCUT2D eigenvalue weighted by atomic mass is 19.2. The van der Waals surface area contributed by atoms with Crippen molar-refractivity contribution in [3.63, 3.8) is 0 Å². The molecule has 4 aromatic carbocycles. The molecular formula is C54H70F4N2. The van der Waals surface area contributed by atoms with Crippen LogP contribution >= 0.6 is 0 Å². The molecule has 324 valence electrons. The third-order valence-electron chi connectivity index (χ3n) is 9.76. The summed E-state index contributed by atoms with van der Waals surface area (Å²) in [6.45, 7) is 27.3. The summed E-state index contributed by atoms with van der Waals surface area (Å²) in [5, 5.41) is 0. The molecule has 1 saturated carbocycles. The summed E-state index contributed by atoms with van der Waals surface area (Å²) < 4.78 is 50.4. The van der Waals surface area contributed by atoms with Crippen molar-refractivity contribution in [2.24, 2.45) is 11.8 Å². The molecule has 0 bridgehead atoms. The maximum atomic E-state index is 12.6. The average Bonchev–Trinajstić information content (AvgIpc) is 3.21. The van der Waals surface area contributed by atoms with Crippen LogP contribution in [-0.2, 0) is 0 Å². The molecule has 0 unspecified atom stereocenters. The fraction of sp³-hybridized carbons (Fsp3) is 0.370. The maximum absolute atomic E-state index is 12.6. The third kappa shape index (κ3) is 23.5. The number of aromatic nitrogens is 2. The van der Waals surface area contributed by atoms with Gasteiger partial charge < -0.3 is 0 Å². The van der Waals surface area contributed by atoms with Crippen LogP contribution in [0.3, 0.4) is 0 Å². The van der Waals surface area contributed by atoms with Crippen molar-refractivity contribution in [2.45, 2.75) is 123 Å². The lowest BCUT2D eigenvalue weighted by molar-refractivity contribution is 0.308. The quantitative estimate of drug-likeness (QED) is 0.143. The summed E-state index contributed by atoms with van der Waals surface area (Å²) in [7, 11) is 0. The summed E-state index contributed by atoms with van der Waals surface area (Å²) in [6.07, 6.45) is 9.63. The number of nitrogens with zero attached hydrogens (tertiary/aromatic N) is 2. The van der Waals surface area contributed by atoms with Gasteiger partial charge in [-0.05, 0) is 164 Å². The van der Waals surface area contributed by atoms with E-state index in [4.69, 9.17) is 0 Å². The highest BCUT2D eigenvalue weighted by Crippen LogP contribution is 2.27. The second-order valence-electron chi connectivity index (χ2n) is 16.3. The van der Waals surface area contributed by atoms with Gasteiger partial charge in [0, 0.05) is 23.8 Å². The predicted octanol–water partition coefficient (Wildman–Crippen LogP) is 16.0. The molecule has 60 heavy (non-hydrogen) atoms. The Morgan fingerprint density at radius 1 is 0.350 bits per heavy atom. The monoisotopic (exact) mass is 823 g/mol. The van der Waals surface area contributed by atoms with E-state index in [0.29, 0.717) is 22.3 Å². The number of rotatable bonds is 0. The Bertz CT molecular complexity index is 1830. The van der Waals surface area contributed by atoms with Crippen molar-refractivity contribution >= 4 is 0 Å². The standard InChI is InChI=1S/C8H8F2.2C8H9F.C8H16.C8H10.2C7H9N/c1-5-3-4-6(2)8(10)7(5)9;2*1-6-3-4-7(2)8(9)5-6;2*1-7-3-5-8(2)6-4-7;2*1-6-3-4-7(2)8-5-6/h3-4H,1-2H3;2*3-5H,1-2H3;7-8H,3-6H2,1-2H3;3-6H,1-2H3;2*3-5H,1-2H3. The van der Waals surface area contributed by atoms with Gasteiger partial charge in [0.15, 0.2) is 11.6 Å². The molecule has 0 spiro atoms. The van der Waals surface area contributed by atoms with Crippen LogP contribution in [0.15, 0.2) is 109 Å². The lowest BCUT2D eigenvalue weighted by Crippen LogP contribution is -2.08. The van der Waals surface area contributed by atoms with Crippen LogP contribution in [0.4, 0.5) is 17.6 Å². The van der Waals surface area contributed by atoms with E-state index in [-0.39, 0.29) is 11.6 Å². The van der Waals surface area contributed by atoms with Crippen molar-refractivity contribution in [3.05, 3.63) is 200 Å². The van der Waals surface area contributed by atoms with Crippen LogP contribution in [0.5, 0.6) is 0 Å². The number of benzene rings is 4. The molecule has 0 amide bonds. The third-order valence-corrected chi connectivity index (χ3v) is 9.76. The minimum atomic E-state index is -0.736. The second kappa shape index (κ2) is 28.4. The van der Waals surface area contributed by atoms with Crippen molar-refractivity contribution in [1.29, 1.82) is 0 Å². The van der Waals surface area contributed by atoms with Crippen molar-refractivity contribution in [1.82, 2.24) is 9.97 Å². The smallest absolute Gasteiger partial charge is 0.161 e. The second-order valence-corrected chi connectivity index (χ2v) is 16.3. The molecule has 6 aromatic rings. The topological polar surface area (TPSA) is 25.8 Å². The van der Waals surface area contributed by atoms with E-state index in [1.807, 2.05) is 78.2 Å². The van der Waals surface area contributed by atoms with E-state index in [1.54, 1.807) is 38.1 Å². The molecule has 2 heterocycles. The number of hydrogen-bond acceptors (Lipinski definition) is 2. The summed E-state index contributed by atoms with van der Waals surface area (Å²) in [5.41, 5.74) is 11.3. The van der Waals surface area contributed by atoms with Gasteiger partial charge in [-0.2, -0.15) is 0 Å². The van der Waals surface area contributed by atoms with Gasteiger partial charge in [-0.3, -0.25) is 9.97 Å². The van der Waals surface area contributed by atoms with Gasteiger partial charge >= 0.3 is 0 Å². The molecule has 2 aromatic heterocycles. The van der Waals surface area contributed by atoms with Crippen LogP contribution in [0.1, 0.15) is 107 Å². The average molecular weight is 823 g/mol. The lowest BCUT2D eigenvalue weighted by atomic mass is 9.84. The van der Waals surface area contributed by atoms with E-state index in [1.165, 1.54) is 73.9 Å². The summed E-state index contributed by atoms with van der Waals surface area (Å²) in [4.78, 5) is 8.16. The molecular weight excluding hydrogens is 753 g/mol. The molecule has 1 fully saturated rings. The minimum absolute atomic E-state index is 0.116. The van der Waals surface area contributed by atoms with Gasteiger partial charge in [0.1, 0.15) is 11.6 Å². The molecule has 1 aliphatic rings. The van der Waals surface area contributed by atoms with Crippen LogP contribution in [0.25, 0.3) is 0 Å². The van der Waals surface area contributed by atoms with E-state index in [2.05, 4.69) is 74.1 Å². The lowest BCUT2D eigenvalue weighted by Gasteiger charge is -2.22. The SMILES string of the molecule is CC1CCC(C)CC1.Cc1ccc(C)c(F)c1.Cc1ccc(C)c(F)c1.Cc1ccc(C)c(F)c1F.Cc1ccc(C)cc1.Cc1ccc(C)nc1.Cc1ccc(C)nc1. The van der Waals surface area contributed by atoms with Crippen molar-refractivity contribution < 1.29 is 17.6 Å². The van der Waals surface area contributed by atoms with Crippen LogP contribution in [0.2, 0.25) is 0 Å². The normalized spacial score (nSPS) is 13.6. The fourth-order valence-electron chi connectivity index (χ4n) is 5.29. The zero-order valence-electron chi connectivity index (χ0n) is 38.8.